The molecule has 6 heteroatoms. The highest BCUT2D eigenvalue weighted by atomic mass is 16.5. The fraction of sp³-hybridized carbons (Fsp3) is 0.125. The van der Waals surface area contributed by atoms with E-state index in [1.54, 1.807) is 0 Å². The van der Waals surface area contributed by atoms with Gasteiger partial charge in [0, 0.05) is 11.3 Å². The molecule has 0 aliphatic heterocycles. The van der Waals surface area contributed by atoms with Gasteiger partial charge in [-0.3, -0.25) is 4.79 Å². The predicted molar refractivity (Wildman–Crippen MR) is 114 cm³/mol. The number of nitrogens with one attached hydrogen (secondary N) is 1. The molecule has 0 radical (unpaired) electrons. The van der Waals surface area contributed by atoms with Crippen LogP contribution in [0.1, 0.15) is 17.0 Å². The van der Waals surface area contributed by atoms with E-state index in [2.05, 4.69) is 15.5 Å². The van der Waals surface area contributed by atoms with E-state index < -0.39 is 0 Å². The van der Waals surface area contributed by atoms with Crippen LogP contribution in [0, 0.1) is 6.92 Å². The van der Waals surface area contributed by atoms with Gasteiger partial charge in [-0.25, -0.2) is 0 Å². The average molecular weight is 399 g/mol. The lowest BCUT2D eigenvalue weighted by Gasteiger charge is -2.08. The Labute approximate surface area is 174 Å². The molecule has 6 nitrogen and oxygen atoms in total. The van der Waals surface area contributed by atoms with Gasteiger partial charge >= 0.3 is 0 Å². The number of aromatic nitrogens is 2. The average Bonchev–Trinajstić information content (AvgIpc) is 3.23. The number of rotatable bonds is 7. The van der Waals surface area contributed by atoms with Gasteiger partial charge in [0.15, 0.2) is 6.61 Å². The van der Waals surface area contributed by atoms with Gasteiger partial charge in [-0.2, -0.15) is 0 Å². The van der Waals surface area contributed by atoms with Crippen LogP contribution in [0.5, 0.6) is 5.75 Å². The molecule has 0 unspecified atom stereocenters. The summed E-state index contributed by atoms with van der Waals surface area (Å²) in [6, 6.07) is 24.8. The summed E-state index contributed by atoms with van der Waals surface area (Å²) in [5, 5.41) is 11.0. The van der Waals surface area contributed by atoms with Crippen molar-refractivity contribution >= 4 is 11.6 Å². The first-order valence-electron chi connectivity index (χ1n) is 9.62. The predicted octanol–water partition coefficient (Wildman–Crippen LogP) is 4.65. The Morgan fingerprint density at radius 1 is 0.967 bits per heavy atom. The van der Waals surface area contributed by atoms with Crippen LogP contribution in [0.4, 0.5) is 5.69 Å². The van der Waals surface area contributed by atoms with Gasteiger partial charge in [-0.15, -0.1) is 10.2 Å². The molecule has 1 aromatic heterocycles. The SMILES string of the molecule is Cc1cccc(OCC(=O)Nc2ccc(Cc3nnc(-c4ccccc4)o3)cc2)c1. The fourth-order valence-corrected chi connectivity index (χ4v) is 2.95. The summed E-state index contributed by atoms with van der Waals surface area (Å²) in [4.78, 5) is 12.1. The van der Waals surface area contributed by atoms with Gasteiger partial charge in [0.1, 0.15) is 5.75 Å². The second kappa shape index (κ2) is 9.05. The Morgan fingerprint density at radius 3 is 2.53 bits per heavy atom. The van der Waals surface area contributed by atoms with Crippen molar-refractivity contribution in [2.24, 2.45) is 0 Å². The number of amides is 1. The van der Waals surface area contributed by atoms with Crippen molar-refractivity contribution in [3.63, 3.8) is 0 Å². The van der Waals surface area contributed by atoms with Crippen LogP contribution < -0.4 is 10.1 Å². The zero-order valence-corrected chi connectivity index (χ0v) is 16.5. The van der Waals surface area contributed by atoms with Crippen LogP contribution in [0.25, 0.3) is 11.5 Å². The van der Waals surface area contributed by atoms with Gasteiger partial charge in [0.05, 0.1) is 6.42 Å². The van der Waals surface area contributed by atoms with E-state index in [1.165, 1.54) is 0 Å². The van der Waals surface area contributed by atoms with Crippen LogP contribution in [0.3, 0.4) is 0 Å². The Balaban J connectivity index is 1.31. The van der Waals surface area contributed by atoms with E-state index >= 15 is 0 Å². The van der Waals surface area contributed by atoms with Crippen molar-refractivity contribution in [1.29, 1.82) is 0 Å². The number of nitrogens with zero attached hydrogens (tertiary/aromatic N) is 2. The van der Waals surface area contributed by atoms with Crippen LogP contribution >= 0.6 is 0 Å². The summed E-state index contributed by atoms with van der Waals surface area (Å²) in [7, 11) is 0. The van der Waals surface area contributed by atoms with E-state index in [0.717, 1.165) is 16.7 Å². The third-order valence-electron chi connectivity index (χ3n) is 4.44. The fourth-order valence-electron chi connectivity index (χ4n) is 2.95. The Hall–Kier alpha value is -3.93. The summed E-state index contributed by atoms with van der Waals surface area (Å²) in [6.07, 6.45) is 0.518. The largest absolute Gasteiger partial charge is 0.484 e. The third kappa shape index (κ3) is 5.11. The maximum absolute atomic E-state index is 12.1. The third-order valence-corrected chi connectivity index (χ3v) is 4.44. The summed E-state index contributed by atoms with van der Waals surface area (Å²) >= 11 is 0. The molecule has 3 aromatic carbocycles. The summed E-state index contributed by atoms with van der Waals surface area (Å²) in [5.41, 5.74) is 3.68. The molecule has 1 amide bonds. The minimum absolute atomic E-state index is 0.0462. The molecule has 0 aliphatic rings. The lowest BCUT2D eigenvalue weighted by atomic mass is 10.1. The maximum atomic E-state index is 12.1. The molecule has 150 valence electrons. The number of ether oxygens (including phenoxy) is 1. The molecule has 0 spiro atoms. The monoisotopic (exact) mass is 399 g/mol. The number of aryl methyl sites for hydroxylation is 1. The summed E-state index contributed by atoms with van der Waals surface area (Å²) in [5.74, 6) is 1.50. The number of carbonyl (C=O) groups is 1. The highest BCUT2D eigenvalue weighted by molar-refractivity contribution is 5.91. The van der Waals surface area contributed by atoms with Gasteiger partial charge in [0.25, 0.3) is 5.91 Å². The number of carbonyl (C=O) groups excluding carboxylic acids is 1. The molecule has 0 saturated carbocycles. The second-order valence-electron chi connectivity index (χ2n) is 6.89. The summed E-state index contributed by atoms with van der Waals surface area (Å²) in [6.45, 7) is 1.93. The number of anilines is 1. The van der Waals surface area contributed by atoms with Gasteiger partial charge in [-0.1, -0.05) is 42.5 Å². The molecule has 1 heterocycles. The molecule has 30 heavy (non-hydrogen) atoms. The van der Waals surface area contributed by atoms with Crippen molar-refractivity contribution in [1.82, 2.24) is 10.2 Å². The minimum atomic E-state index is -0.214. The molecular formula is C24H21N3O3. The molecule has 0 saturated heterocycles. The molecule has 0 atom stereocenters. The number of benzene rings is 3. The van der Waals surface area contributed by atoms with Gasteiger partial charge < -0.3 is 14.5 Å². The maximum Gasteiger partial charge on any atom is 0.262 e. The van der Waals surface area contributed by atoms with E-state index in [4.69, 9.17) is 9.15 Å². The first kappa shape index (κ1) is 19.4. The van der Waals surface area contributed by atoms with E-state index in [1.807, 2.05) is 85.8 Å². The highest BCUT2D eigenvalue weighted by Gasteiger charge is 2.09. The van der Waals surface area contributed by atoms with Crippen molar-refractivity contribution in [2.45, 2.75) is 13.3 Å². The first-order chi connectivity index (χ1) is 14.7. The van der Waals surface area contributed by atoms with Crippen molar-refractivity contribution in [3.8, 4) is 17.2 Å². The van der Waals surface area contributed by atoms with Crippen LogP contribution in [0.2, 0.25) is 0 Å². The van der Waals surface area contributed by atoms with Crippen LogP contribution in [-0.4, -0.2) is 22.7 Å². The van der Waals surface area contributed by atoms with Crippen molar-refractivity contribution < 1.29 is 13.9 Å². The zero-order valence-electron chi connectivity index (χ0n) is 16.5. The molecule has 0 bridgehead atoms. The highest BCUT2D eigenvalue weighted by Crippen LogP contribution is 2.19. The molecular weight excluding hydrogens is 378 g/mol. The number of hydrogen-bond donors (Lipinski definition) is 1. The zero-order chi connectivity index (χ0) is 20.8. The molecule has 4 rings (SSSR count). The lowest BCUT2D eigenvalue weighted by molar-refractivity contribution is -0.118. The Morgan fingerprint density at radius 2 is 1.77 bits per heavy atom. The normalized spacial score (nSPS) is 10.6. The Kier molecular flexibility index (Phi) is 5.85. The Bertz CT molecular complexity index is 1120. The number of hydrogen-bond acceptors (Lipinski definition) is 5. The van der Waals surface area contributed by atoms with Crippen molar-refractivity contribution in [2.75, 3.05) is 11.9 Å². The minimum Gasteiger partial charge on any atom is -0.484 e. The lowest BCUT2D eigenvalue weighted by Crippen LogP contribution is -2.20. The molecule has 0 aliphatic carbocycles. The van der Waals surface area contributed by atoms with Crippen LogP contribution in [0.15, 0.2) is 83.3 Å². The topological polar surface area (TPSA) is 77.2 Å². The van der Waals surface area contributed by atoms with Crippen molar-refractivity contribution in [3.05, 3.63) is 95.9 Å². The van der Waals surface area contributed by atoms with E-state index in [0.29, 0.717) is 29.6 Å². The van der Waals surface area contributed by atoms with E-state index in [9.17, 15) is 4.79 Å². The second-order valence-corrected chi connectivity index (χ2v) is 6.89. The van der Waals surface area contributed by atoms with E-state index in [-0.39, 0.29) is 12.5 Å². The summed E-state index contributed by atoms with van der Waals surface area (Å²) < 4.78 is 11.3. The molecule has 1 N–H and O–H groups in total. The first-order valence-corrected chi connectivity index (χ1v) is 9.62. The molecule has 4 aromatic rings. The smallest absolute Gasteiger partial charge is 0.262 e. The quantitative estimate of drug-likeness (QED) is 0.489. The van der Waals surface area contributed by atoms with Gasteiger partial charge in [0.2, 0.25) is 11.8 Å². The van der Waals surface area contributed by atoms with Gasteiger partial charge in [-0.05, 0) is 54.4 Å². The molecule has 0 fully saturated rings. The van der Waals surface area contributed by atoms with Crippen LogP contribution in [-0.2, 0) is 11.2 Å². The standard InChI is InChI=1S/C24H21N3O3/c1-17-6-5-9-21(14-17)29-16-22(28)25-20-12-10-18(11-13-20)15-23-26-27-24(30-23)19-7-3-2-4-8-19/h2-14H,15-16H2,1H3,(H,25,28).